The molecule has 2 atom stereocenters. The van der Waals surface area contributed by atoms with Gasteiger partial charge < -0.3 is 25.0 Å². The second kappa shape index (κ2) is 14.4. The molecule has 9 nitrogen and oxygen atoms in total. The molecule has 3 amide bonds. The van der Waals surface area contributed by atoms with E-state index in [1.54, 1.807) is 41.5 Å². The predicted octanol–water partition coefficient (Wildman–Crippen LogP) is 3.98. The molecule has 0 aliphatic heterocycles. The van der Waals surface area contributed by atoms with E-state index in [1.807, 2.05) is 32.0 Å². The molecule has 0 fully saturated rings. The Labute approximate surface area is 221 Å². The second-order valence-electron chi connectivity index (χ2n) is 10.3. The molecule has 1 rings (SSSR count). The summed E-state index contributed by atoms with van der Waals surface area (Å²) in [6.07, 6.45) is 0.816. The van der Waals surface area contributed by atoms with Crippen molar-refractivity contribution in [2.75, 3.05) is 19.7 Å². The number of hydrogen-bond donors (Lipinski definition) is 2. The highest BCUT2D eigenvalue weighted by Crippen LogP contribution is 2.27. The molecule has 2 unspecified atom stereocenters. The number of nitrogens with one attached hydrogen (secondary N) is 2. The molecular weight excluding hydrogens is 474 g/mol. The number of hydrogen-bond acceptors (Lipinski definition) is 6. The first-order chi connectivity index (χ1) is 17.2. The molecule has 0 bridgehead atoms. The van der Waals surface area contributed by atoms with Crippen molar-refractivity contribution in [3.05, 3.63) is 47.5 Å². The average Bonchev–Trinajstić information content (AvgIpc) is 2.77. The fourth-order valence-corrected chi connectivity index (χ4v) is 3.71. The van der Waals surface area contributed by atoms with Crippen LogP contribution in [0.2, 0.25) is 0 Å². The summed E-state index contributed by atoms with van der Waals surface area (Å²) in [5.41, 5.74) is 1.64. The minimum absolute atomic E-state index is 0.00330. The van der Waals surface area contributed by atoms with Crippen molar-refractivity contribution in [3.8, 4) is 0 Å². The highest BCUT2D eigenvalue weighted by Gasteiger charge is 2.37. The maximum atomic E-state index is 13.9. The standard InChI is InChI=1S/C28H43N3O6/c1-10-16-31(26(34)23(18(3)4)30-27(35)37-28(7,8)9)24(21-17-19(5)12-13-20(21)6)25(33)29-15-14-22(32)36-11-2/h10,12-13,17-18,23-24H,1,11,14-16H2,2-9H3,(H,29,33)(H,30,35). The highest BCUT2D eigenvalue weighted by molar-refractivity contribution is 5.92. The Morgan fingerprint density at radius 2 is 1.78 bits per heavy atom. The molecule has 1 aromatic rings. The number of carbonyl (C=O) groups excluding carboxylic acids is 4. The van der Waals surface area contributed by atoms with Crippen LogP contribution >= 0.6 is 0 Å². The Morgan fingerprint density at radius 3 is 2.32 bits per heavy atom. The van der Waals surface area contributed by atoms with E-state index in [0.29, 0.717) is 5.56 Å². The first-order valence-corrected chi connectivity index (χ1v) is 12.6. The summed E-state index contributed by atoms with van der Waals surface area (Å²) >= 11 is 0. The second-order valence-corrected chi connectivity index (χ2v) is 10.3. The van der Waals surface area contributed by atoms with E-state index in [2.05, 4.69) is 17.2 Å². The summed E-state index contributed by atoms with van der Waals surface area (Å²) in [5.74, 6) is -1.62. The molecule has 2 N–H and O–H groups in total. The molecule has 0 heterocycles. The quantitative estimate of drug-likeness (QED) is 0.320. The summed E-state index contributed by atoms with van der Waals surface area (Å²) in [6.45, 7) is 18.4. The summed E-state index contributed by atoms with van der Waals surface area (Å²) < 4.78 is 10.3. The van der Waals surface area contributed by atoms with E-state index in [0.717, 1.165) is 11.1 Å². The van der Waals surface area contributed by atoms with Crippen molar-refractivity contribution in [2.45, 2.75) is 79.5 Å². The van der Waals surface area contributed by atoms with E-state index in [4.69, 9.17) is 9.47 Å². The topological polar surface area (TPSA) is 114 Å². The average molecular weight is 518 g/mol. The molecule has 9 heteroatoms. The number of amides is 3. The molecule has 0 spiro atoms. The molecule has 0 aliphatic rings. The van der Waals surface area contributed by atoms with Crippen LogP contribution in [0.3, 0.4) is 0 Å². The van der Waals surface area contributed by atoms with Gasteiger partial charge in [0.25, 0.3) is 0 Å². The van der Waals surface area contributed by atoms with Crippen LogP contribution in [0, 0.1) is 19.8 Å². The zero-order valence-corrected chi connectivity index (χ0v) is 23.5. The number of carbonyl (C=O) groups is 4. The summed E-state index contributed by atoms with van der Waals surface area (Å²) in [6, 6.07) is 3.71. The largest absolute Gasteiger partial charge is 0.466 e. The van der Waals surface area contributed by atoms with Gasteiger partial charge in [-0.2, -0.15) is 0 Å². The lowest BCUT2D eigenvalue weighted by atomic mass is 9.95. The molecule has 0 saturated carbocycles. The smallest absolute Gasteiger partial charge is 0.408 e. The third kappa shape index (κ3) is 10.3. The number of ether oxygens (including phenoxy) is 2. The third-order valence-electron chi connectivity index (χ3n) is 5.44. The molecule has 0 aliphatic carbocycles. The van der Waals surface area contributed by atoms with Crippen LogP contribution in [0.15, 0.2) is 30.9 Å². The Balaban J connectivity index is 3.42. The van der Waals surface area contributed by atoms with Crippen molar-refractivity contribution >= 4 is 23.9 Å². The van der Waals surface area contributed by atoms with Gasteiger partial charge >= 0.3 is 12.1 Å². The number of rotatable bonds is 12. The number of esters is 1. The first kappa shape index (κ1) is 31.7. The third-order valence-corrected chi connectivity index (χ3v) is 5.44. The van der Waals surface area contributed by atoms with Crippen molar-refractivity contribution in [1.82, 2.24) is 15.5 Å². The molecule has 37 heavy (non-hydrogen) atoms. The van der Waals surface area contributed by atoms with Gasteiger partial charge in [-0.25, -0.2) is 4.79 Å². The van der Waals surface area contributed by atoms with Gasteiger partial charge in [-0.1, -0.05) is 43.7 Å². The summed E-state index contributed by atoms with van der Waals surface area (Å²) in [4.78, 5) is 53.2. The normalized spacial score (nSPS) is 12.8. The van der Waals surface area contributed by atoms with Gasteiger partial charge in [0.2, 0.25) is 11.8 Å². The zero-order chi connectivity index (χ0) is 28.3. The van der Waals surface area contributed by atoms with Gasteiger partial charge in [0.1, 0.15) is 17.7 Å². The summed E-state index contributed by atoms with van der Waals surface area (Å²) in [7, 11) is 0. The minimum Gasteiger partial charge on any atom is -0.466 e. The highest BCUT2D eigenvalue weighted by atomic mass is 16.6. The van der Waals surface area contributed by atoms with E-state index >= 15 is 0 Å². The van der Waals surface area contributed by atoms with Gasteiger partial charge in [0, 0.05) is 13.1 Å². The van der Waals surface area contributed by atoms with Crippen LogP contribution in [-0.4, -0.2) is 60.1 Å². The molecule has 206 valence electrons. The van der Waals surface area contributed by atoms with Crippen molar-refractivity contribution < 1.29 is 28.7 Å². The van der Waals surface area contributed by atoms with E-state index in [1.165, 1.54) is 11.0 Å². The van der Waals surface area contributed by atoms with E-state index in [9.17, 15) is 19.2 Å². The van der Waals surface area contributed by atoms with Crippen molar-refractivity contribution in [2.24, 2.45) is 5.92 Å². The Bertz CT molecular complexity index is 967. The van der Waals surface area contributed by atoms with E-state index in [-0.39, 0.29) is 32.0 Å². The molecule has 0 saturated heterocycles. The predicted molar refractivity (Wildman–Crippen MR) is 143 cm³/mol. The van der Waals surface area contributed by atoms with Crippen LogP contribution in [0.1, 0.15) is 70.7 Å². The van der Waals surface area contributed by atoms with Crippen LogP contribution in [0.5, 0.6) is 0 Å². The van der Waals surface area contributed by atoms with Crippen molar-refractivity contribution in [1.29, 1.82) is 0 Å². The fourth-order valence-electron chi connectivity index (χ4n) is 3.71. The van der Waals surface area contributed by atoms with Gasteiger partial charge in [0.05, 0.1) is 13.0 Å². The van der Waals surface area contributed by atoms with Crippen LogP contribution in [0.25, 0.3) is 0 Å². The lowest BCUT2D eigenvalue weighted by Gasteiger charge is -2.35. The van der Waals surface area contributed by atoms with Crippen molar-refractivity contribution in [3.63, 3.8) is 0 Å². The first-order valence-electron chi connectivity index (χ1n) is 12.6. The Morgan fingerprint density at radius 1 is 1.14 bits per heavy atom. The number of benzene rings is 1. The SMILES string of the molecule is C=CCN(C(=O)C(NC(=O)OC(C)(C)C)C(C)C)C(C(=O)NCCC(=O)OCC)c1cc(C)ccc1C. The Kier molecular flexibility index (Phi) is 12.3. The molecule has 0 radical (unpaired) electrons. The lowest BCUT2D eigenvalue weighted by molar-refractivity contribution is -0.144. The van der Waals surface area contributed by atoms with E-state index < -0.39 is 41.6 Å². The van der Waals surface area contributed by atoms with Gasteiger partial charge in [-0.3, -0.25) is 14.4 Å². The Hall–Kier alpha value is -3.36. The number of nitrogens with zero attached hydrogens (tertiary/aromatic N) is 1. The van der Waals surface area contributed by atoms with Gasteiger partial charge in [0.15, 0.2) is 0 Å². The van der Waals surface area contributed by atoms with Crippen LogP contribution in [-0.2, 0) is 23.9 Å². The number of alkyl carbamates (subject to hydrolysis) is 1. The fraction of sp³-hybridized carbons (Fsp3) is 0.571. The van der Waals surface area contributed by atoms with Gasteiger partial charge in [-0.15, -0.1) is 6.58 Å². The van der Waals surface area contributed by atoms with Gasteiger partial charge in [-0.05, 0) is 58.6 Å². The monoisotopic (exact) mass is 517 g/mol. The van der Waals surface area contributed by atoms with Crippen LogP contribution < -0.4 is 10.6 Å². The maximum absolute atomic E-state index is 13.9. The number of aryl methyl sites for hydroxylation is 2. The molecule has 0 aromatic heterocycles. The zero-order valence-electron chi connectivity index (χ0n) is 23.5. The molecule has 1 aromatic carbocycles. The molecular formula is C28H43N3O6. The minimum atomic E-state index is -1.02. The maximum Gasteiger partial charge on any atom is 0.408 e. The summed E-state index contributed by atoms with van der Waals surface area (Å²) in [5, 5.41) is 5.45. The van der Waals surface area contributed by atoms with Crippen LogP contribution in [0.4, 0.5) is 4.79 Å². The lowest BCUT2D eigenvalue weighted by Crippen LogP contribution is -2.55.